The van der Waals surface area contributed by atoms with Gasteiger partial charge in [0.15, 0.2) is 0 Å². The lowest BCUT2D eigenvalue weighted by atomic mass is 10.2. The lowest BCUT2D eigenvalue weighted by Crippen LogP contribution is -2.13. The number of carbonyl (C=O) groups is 1. The fraction of sp³-hybridized carbons (Fsp3) is 0. The lowest BCUT2D eigenvalue weighted by Gasteiger charge is -2.03. The van der Waals surface area contributed by atoms with E-state index >= 15 is 0 Å². The molecule has 1 N–H and O–H groups in total. The molecule has 0 saturated heterocycles. The topological polar surface area (TPSA) is 91.8 Å². The molecule has 2 aromatic carbocycles. The van der Waals surface area contributed by atoms with Gasteiger partial charge in [-0.25, -0.2) is 4.39 Å². The van der Waals surface area contributed by atoms with E-state index in [4.69, 9.17) is 9.68 Å². The Bertz CT molecular complexity index is 897. The summed E-state index contributed by atoms with van der Waals surface area (Å²) < 4.78 is 18.2. The number of halogens is 1. The standard InChI is InChI=1S/C16H9FN4O2/c17-12-7-5-10(6-8-12)15-20-21-16(23-15)14(22)19-13-4-2-1-3-11(13)9-18/h1-8H,(H,19,22). The first-order valence-electron chi connectivity index (χ1n) is 6.57. The van der Waals surface area contributed by atoms with Gasteiger partial charge in [0.05, 0.1) is 11.3 Å². The molecule has 6 nitrogen and oxygen atoms in total. The van der Waals surface area contributed by atoms with Gasteiger partial charge in [0.1, 0.15) is 11.9 Å². The summed E-state index contributed by atoms with van der Waals surface area (Å²) >= 11 is 0. The summed E-state index contributed by atoms with van der Waals surface area (Å²) in [5.41, 5.74) is 1.16. The van der Waals surface area contributed by atoms with Gasteiger partial charge in [0, 0.05) is 5.56 Å². The fourth-order valence-electron chi connectivity index (χ4n) is 1.89. The molecule has 1 aromatic heterocycles. The monoisotopic (exact) mass is 308 g/mol. The molecule has 3 aromatic rings. The first-order valence-corrected chi connectivity index (χ1v) is 6.57. The summed E-state index contributed by atoms with van der Waals surface area (Å²) in [5.74, 6) is -1.17. The third kappa shape index (κ3) is 3.06. The molecule has 0 radical (unpaired) electrons. The predicted molar refractivity (Wildman–Crippen MR) is 78.8 cm³/mol. The first kappa shape index (κ1) is 14.4. The Balaban J connectivity index is 1.81. The van der Waals surface area contributed by atoms with Crippen LogP contribution in [0.2, 0.25) is 0 Å². The Morgan fingerprint density at radius 3 is 2.61 bits per heavy atom. The van der Waals surface area contributed by atoms with Crippen LogP contribution in [-0.4, -0.2) is 16.1 Å². The van der Waals surface area contributed by atoms with Crippen molar-refractivity contribution in [3.8, 4) is 17.5 Å². The summed E-state index contributed by atoms with van der Waals surface area (Å²) in [5, 5.41) is 18.9. The maximum atomic E-state index is 12.9. The van der Waals surface area contributed by atoms with Crippen molar-refractivity contribution in [2.24, 2.45) is 0 Å². The molecule has 0 fully saturated rings. The maximum Gasteiger partial charge on any atom is 0.313 e. The molecule has 0 spiro atoms. The third-order valence-corrected chi connectivity index (χ3v) is 3.01. The summed E-state index contributed by atoms with van der Waals surface area (Å²) in [4.78, 5) is 12.1. The summed E-state index contributed by atoms with van der Waals surface area (Å²) in [6.07, 6.45) is 0. The maximum absolute atomic E-state index is 12.9. The van der Waals surface area contributed by atoms with Crippen molar-refractivity contribution in [2.45, 2.75) is 0 Å². The minimum Gasteiger partial charge on any atom is -0.412 e. The van der Waals surface area contributed by atoms with E-state index in [0.717, 1.165) is 0 Å². The zero-order valence-corrected chi connectivity index (χ0v) is 11.7. The van der Waals surface area contributed by atoms with Crippen LogP contribution in [0.15, 0.2) is 52.9 Å². The molecule has 23 heavy (non-hydrogen) atoms. The number of carbonyl (C=O) groups excluding carboxylic acids is 1. The molecule has 0 aliphatic rings. The van der Waals surface area contributed by atoms with E-state index in [-0.39, 0.29) is 17.6 Å². The van der Waals surface area contributed by atoms with Crippen molar-refractivity contribution < 1.29 is 13.6 Å². The minimum atomic E-state index is -0.631. The number of nitriles is 1. The van der Waals surface area contributed by atoms with E-state index in [1.165, 1.54) is 24.3 Å². The number of para-hydroxylation sites is 1. The van der Waals surface area contributed by atoms with Gasteiger partial charge in [0.25, 0.3) is 0 Å². The average molecular weight is 308 g/mol. The molecule has 112 valence electrons. The second-order valence-corrected chi connectivity index (χ2v) is 4.53. The number of hydrogen-bond donors (Lipinski definition) is 1. The third-order valence-electron chi connectivity index (χ3n) is 3.01. The van der Waals surface area contributed by atoms with E-state index in [1.54, 1.807) is 24.3 Å². The SMILES string of the molecule is N#Cc1ccccc1NC(=O)c1nnc(-c2ccc(F)cc2)o1. The smallest absolute Gasteiger partial charge is 0.313 e. The zero-order chi connectivity index (χ0) is 16.2. The number of aromatic nitrogens is 2. The molecule has 0 aliphatic carbocycles. The molecular weight excluding hydrogens is 299 g/mol. The second-order valence-electron chi connectivity index (χ2n) is 4.53. The summed E-state index contributed by atoms with van der Waals surface area (Å²) in [7, 11) is 0. The van der Waals surface area contributed by atoms with Crippen LogP contribution >= 0.6 is 0 Å². The van der Waals surface area contributed by atoms with Gasteiger partial charge < -0.3 is 9.73 Å². The number of nitrogens with zero attached hydrogens (tertiary/aromatic N) is 3. The van der Waals surface area contributed by atoms with Crippen LogP contribution in [0.5, 0.6) is 0 Å². The normalized spacial score (nSPS) is 10.1. The summed E-state index contributed by atoms with van der Waals surface area (Å²) in [6, 6.07) is 14.0. The first-order chi connectivity index (χ1) is 11.2. The van der Waals surface area contributed by atoms with Crippen molar-refractivity contribution in [1.82, 2.24) is 10.2 Å². The van der Waals surface area contributed by atoms with Crippen LogP contribution in [0.3, 0.4) is 0 Å². The molecule has 0 bridgehead atoms. The Morgan fingerprint density at radius 1 is 1.13 bits per heavy atom. The van der Waals surface area contributed by atoms with Gasteiger partial charge in [-0.3, -0.25) is 4.79 Å². The number of anilines is 1. The van der Waals surface area contributed by atoms with E-state index in [0.29, 0.717) is 16.8 Å². The number of benzene rings is 2. The van der Waals surface area contributed by atoms with E-state index in [9.17, 15) is 9.18 Å². The van der Waals surface area contributed by atoms with Gasteiger partial charge in [-0.1, -0.05) is 12.1 Å². The molecule has 0 aliphatic heterocycles. The van der Waals surface area contributed by atoms with Crippen molar-refractivity contribution in [3.05, 3.63) is 65.8 Å². The van der Waals surface area contributed by atoms with Gasteiger partial charge >= 0.3 is 11.8 Å². The second kappa shape index (κ2) is 6.07. The molecule has 3 rings (SSSR count). The molecule has 0 unspecified atom stereocenters. The number of rotatable bonds is 3. The average Bonchev–Trinajstić information content (AvgIpc) is 3.06. The Kier molecular flexibility index (Phi) is 3.80. The fourth-order valence-corrected chi connectivity index (χ4v) is 1.89. The summed E-state index contributed by atoms with van der Waals surface area (Å²) in [6.45, 7) is 0. The Morgan fingerprint density at radius 2 is 1.87 bits per heavy atom. The van der Waals surface area contributed by atoms with Gasteiger partial charge in [0.2, 0.25) is 5.89 Å². The van der Waals surface area contributed by atoms with Crippen molar-refractivity contribution in [3.63, 3.8) is 0 Å². The molecule has 7 heteroatoms. The van der Waals surface area contributed by atoms with Crippen LogP contribution in [0, 0.1) is 17.1 Å². The van der Waals surface area contributed by atoms with Gasteiger partial charge in [-0.2, -0.15) is 5.26 Å². The van der Waals surface area contributed by atoms with Crippen LogP contribution in [0.1, 0.15) is 16.2 Å². The predicted octanol–water partition coefficient (Wildman–Crippen LogP) is 3.00. The molecular formula is C16H9FN4O2. The number of amides is 1. The molecule has 0 atom stereocenters. The Hall–Kier alpha value is -3.53. The number of nitrogens with one attached hydrogen (secondary N) is 1. The van der Waals surface area contributed by atoms with E-state index in [2.05, 4.69) is 15.5 Å². The van der Waals surface area contributed by atoms with Gasteiger partial charge in [-0.05, 0) is 36.4 Å². The molecule has 0 saturated carbocycles. The van der Waals surface area contributed by atoms with E-state index in [1.807, 2.05) is 6.07 Å². The van der Waals surface area contributed by atoms with Crippen LogP contribution in [0.25, 0.3) is 11.5 Å². The lowest BCUT2D eigenvalue weighted by molar-refractivity contribution is 0.0991. The van der Waals surface area contributed by atoms with E-state index < -0.39 is 5.91 Å². The van der Waals surface area contributed by atoms with Crippen LogP contribution in [-0.2, 0) is 0 Å². The van der Waals surface area contributed by atoms with Crippen molar-refractivity contribution in [2.75, 3.05) is 5.32 Å². The Labute approximate surface area is 130 Å². The molecule has 1 heterocycles. The largest absolute Gasteiger partial charge is 0.412 e. The highest BCUT2D eigenvalue weighted by Crippen LogP contribution is 2.19. The van der Waals surface area contributed by atoms with Crippen molar-refractivity contribution in [1.29, 1.82) is 5.26 Å². The van der Waals surface area contributed by atoms with Crippen LogP contribution in [0.4, 0.5) is 10.1 Å². The highest BCUT2D eigenvalue weighted by atomic mass is 19.1. The van der Waals surface area contributed by atoms with Crippen LogP contribution < -0.4 is 5.32 Å². The molecule has 1 amide bonds. The van der Waals surface area contributed by atoms with Gasteiger partial charge in [-0.15, -0.1) is 10.2 Å². The highest BCUT2D eigenvalue weighted by Gasteiger charge is 2.17. The minimum absolute atomic E-state index is 0.101. The van der Waals surface area contributed by atoms with Crippen molar-refractivity contribution >= 4 is 11.6 Å². The zero-order valence-electron chi connectivity index (χ0n) is 11.7. The quantitative estimate of drug-likeness (QED) is 0.803. The number of hydrogen-bond acceptors (Lipinski definition) is 5. The highest BCUT2D eigenvalue weighted by molar-refractivity contribution is 6.01.